The van der Waals surface area contributed by atoms with Crippen molar-refractivity contribution < 1.29 is 14.7 Å². The first-order valence-electron chi connectivity index (χ1n) is 5.60. The zero-order valence-corrected chi connectivity index (χ0v) is 9.60. The summed E-state index contributed by atoms with van der Waals surface area (Å²) in [6, 6.07) is 7.49. The minimum atomic E-state index is -1.11. The van der Waals surface area contributed by atoms with E-state index in [1.807, 2.05) is 31.2 Å². The minimum absolute atomic E-state index is 0.0157. The number of allylic oxidation sites excluding steroid dienone is 1. The first-order chi connectivity index (χ1) is 8.08. The molecule has 3 heteroatoms. The van der Waals surface area contributed by atoms with Crippen molar-refractivity contribution in [3.8, 4) is 0 Å². The normalized spacial score (nSPS) is 19.9. The Morgan fingerprint density at radius 3 is 2.53 bits per heavy atom. The summed E-state index contributed by atoms with van der Waals surface area (Å²) in [4.78, 5) is 22.4. The minimum Gasteiger partial charge on any atom is -0.549 e. The van der Waals surface area contributed by atoms with Gasteiger partial charge < -0.3 is 9.90 Å². The Labute approximate surface area is 99.8 Å². The maximum Gasteiger partial charge on any atom is 0.156 e. The largest absolute Gasteiger partial charge is 0.549 e. The van der Waals surface area contributed by atoms with E-state index in [1.54, 1.807) is 0 Å². The highest BCUT2D eigenvalue weighted by Gasteiger charge is 2.23. The number of rotatable bonds is 2. The highest BCUT2D eigenvalue weighted by atomic mass is 16.4. The van der Waals surface area contributed by atoms with Crippen LogP contribution in [0.2, 0.25) is 0 Å². The summed E-state index contributed by atoms with van der Waals surface area (Å²) < 4.78 is 0. The molecule has 2 rings (SSSR count). The van der Waals surface area contributed by atoms with Crippen LogP contribution in [-0.2, 0) is 9.59 Å². The van der Waals surface area contributed by atoms with Gasteiger partial charge in [-0.05, 0) is 30.6 Å². The molecule has 0 saturated heterocycles. The predicted octanol–water partition coefficient (Wildman–Crippen LogP) is 1.11. The molecule has 0 aromatic heterocycles. The third-order valence-corrected chi connectivity index (χ3v) is 3.04. The number of hydrogen-bond acceptors (Lipinski definition) is 3. The van der Waals surface area contributed by atoms with E-state index in [0.717, 1.165) is 11.1 Å². The maximum atomic E-state index is 11.4. The summed E-state index contributed by atoms with van der Waals surface area (Å²) in [5.74, 6) is -1.79. The van der Waals surface area contributed by atoms with Gasteiger partial charge in [0, 0.05) is 18.3 Å². The highest BCUT2D eigenvalue weighted by molar-refractivity contribution is 6.03. The lowest BCUT2D eigenvalue weighted by Gasteiger charge is -2.24. The van der Waals surface area contributed by atoms with Crippen LogP contribution in [0, 0.1) is 12.8 Å². The SMILES string of the molecule is Cc1ccc(C2=CC(=O)CCC2C(=O)[O-])cc1. The Kier molecular flexibility index (Phi) is 3.09. The number of carboxylic acid groups (broad SMARTS) is 1. The molecule has 0 heterocycles. The zero-order chi connectivity index (χ0) is 12.4. The molecule has 0 aliphatic heterocycles. The summed E-state index contributed by atoms with van der Waals surface area (Å²) in [5, 5.41) is 11.0. The number of hydrogen-bond donors (Lipinski definition) is 0. The standard InChI is InChI=1S/C14H14O3/c1-9-2-4-10(5-3-9)13-8-11(15)6-7-12(13)14(16)17/h2-5,8,12H,6-7H2,1H3,(H,16,17)/p-1. The average Bonchev–Trinajstić information content (AvgIpc) is 2.29. The van der Waals surface area contributed by atoms with Crippen LogP contribution in [0.3, 0.4) is 0 Å². The van der Waals surface area contributed by atoms with Gasteiger partial charge in [-0.25, -0.2) is 0 Å². The molecule has 0 spiro atoms. The number of benzene rings is 1. The van der Waals surface area contributed by atoms with Gasteiger partial charge in [-0.2, -0.15) is 0 Å². The van der Waals surface area contributed by atoms with Crippen LogP contribution in [0.4, 0.5) is 0 Å². The van der Waals surface area contributed by atoms with Crippen molar-refractivity contribution in [3.63, 3.8) is 0 Å². The lowest BCUT2D eigenvalue weighted by molar-refractivity contribution is -0.309. The summed E-state index contributed by atoms with van der Waals surface area (Å²) in [7, 11) is 0. The molecule has 0 radical (unpaired) electrons. The highest BCUT2D eigenvalue weighted by Crippen LogP contribution is 2.31. The number of ketones is 1. The first-order valence-corrected chi connectivity index (χ1v) is 5.60. The molecule has 0 amide bonds. The van der Waals surface area contributed by atoms with Crippen LogP contribution in [-0.4, -0.2) is 11.8 Å². The molecular weight excluding hydrogens is 216 g/mol. The van der Waals surface area contributed by atoms with Crippen LogP contribution in [0.1, 0.15) is 24.0 Å². The number of carbonyl (C=O) groups excluding carboxylic acids is 2. The van der Waals surface area contributed by atoms with Gasteiger partial charge in [0.1, 0.15) is 0 Å². The molecule has 3 nitrogen and oxygen atoms in total. The van der Waals surface area contributed by atoms with E-state index in [2.05, 4.69) is 0 Å². The number of carbonyl (C=O) groups is 2. The Bertz CT molecular complexity index is 483. The number of aliphatic carboxylic acids is 1. The molecule has 1 aromatic rings. The second kappa shape index (κ2) is 4.53. The summed E-state index contributed by atoms with van der Waals surface area (Å²) in [6.07, 6.45) is 2.06. The quantitative estimate of drug-likeness (QED) is 0.763. The molecule has 1 atom stereocenters. The molecule has 0 bridgehead atoms. The molecular formula is C14H13O3-. The Hall–Kier alpha value is -1.90. The van der Waals surface area contributed by atoms with Gasteiger partial charge in [-0.1, -0.05) is 29.8 Å². The third-order valence-electron chi connectivity index (χ3n) is 3.04. The second-order valence-electron chi connectivity index (χ2n) is 4.34. The fourth-order valence-corrected chi connectivity index (χ4v) is 2.06. The predicted molar refractivity (Wildman–Crippen MR) is 61.9 cm³/mol. The fraction of sp³-hybridized carbons (Fsp3) is 0.286. The number of aryl methyl sites for hydroxylation is 1. The molecule has 88 valence electrons. The monoisotopic (exact) mass is 229 g/mol. The van der Waals surface area contributed by atoms with Crippen LogP contribution < -0.4 is 5.11 Å². The van der Waals surface area contributed by atoms with Crippen molar-refractivity contribution >= 4 is 17.3 Å². The van der Waals surface area contributed by atoms with Crippen molar-refractivity contribution in [2.75, 3.05) is 0 Å². The van der Waals surface area contributed by atoms with Gasteiger partial charge in [-0.3, -0.25) is 4.79 Å². The van der Waals surface area contributed by atoms with Crippen molar-refractivity contribution in [1.82, 2.24) is 0 Å². The van der Waals surface area contributed by atoms with Crippen LogP contribution in [0.5, 0.6) is 0 Å². The van der Waals surface area contributed by atoms with Crippen molar-refractivity contribution in [2.24, 2.45) is 5.92 Å². The molecule has 17 heavy (non-hydrogen) atoms. The lowest BCUT2D eigenvalue weighted by atomic mass is 9.83. The van der Waals surface area contributed by atoms with Gasteiger partial charge in [0.15, 0.2) is 5.78 Å². The summed E-state index contributed by atoms with van der Waals surface area (Å²) in [5.41, 5.74) is 2.46. The van der Waals surface area contributed by atoms with Gasteiger partial charge >= 0.3 is 0 Å². The van der Waals surface area contributed by atoms with E-state index in [-0.39, 0.29) is 12.2 Å². The lowest BCUT2D eigenvalue weighted by Crippen LogP contribution is -2.34. The topological polar surface area (TPSA) is 57.2 Å². The summed E-state index contributed by atoms with van der Waals surface area (Å²) >= 11 is 0. The van der Waals surface area contributed by atoms with Crippen molar-refractivity contribution in [1.29, 1.82) is 0 Å². The maximum absolute atomic E-state index is 11.4. The molecule has 1 aliphatic rings. The van der Waals surface area contributed by atoms with E-state index in [0.29, 0.717) is 12.0 Å². The third kappa shape index (κ3) is 2.44. The Morgan fingerprint density at radius 2 is 1.94 bits per heavy atom. The first kappa shape index (κ1) is 11.6. The number of carboxylic acids is 1. The zero-order valence-electron chi connectivity index (χ0n) is 9.60. The Morgan fingerprint density at radius 1 is 1.29 bits per heavy atom. The van der Waals surface area contributed by atoms with E-state index in [9.17, 15) is 14.7 Å². The van der Waals surface area contributed by atoms with Gasteiger partial charge in [0.25, 0.3) is 0 Å². The van der Waals surface area contributed by atoms with Crippen LogP contribution >= 0.6 is 0 Å². The van der Waals surface area contributed by atoms with Gasteiger partial charge in [-0.15, -0.1) is 0 Å². The molecule has 0 N–H and O–H groups in total. The molecule has 0 saturated carbocycles. The van der Waals surface area contributed by atoms with E-state index in [1.165, 1.54) is 6.08 Å². The Balaban J connectivity index is 2.42. The molecule has 1 aromatic carbocycles. The second-order valence-corrected chi connectivity index (χ2v) is 4.34. The van der Waals surface area contributed by atoms with Gasteiger partial charge in [0.05, 0.1) is 0 Å². The van der Waals surface area contributed by atoms with Crippen molar-refractivity contribution in [2.45, 2.75) is 19.8 Å². The molecule has 1 unspecified atom stereocenters. The molecule has 0 fully saturated rings. The fourth-order valence-electron chi connectivity index (χ4n) is 2.06. The average molecular weight is 229 g/mol. The van der Waals surface area contributed by atoms with E-state index < -0.39 is 11.9 Å². The van der Waals surface area contributed by atoms with E-state index in [4.69, 9.17) is 0 Å². The van der Waals surface area contributed by atoms with Gasteiger partial charge in [0.2, 0.25) is 0 Å². The van der Waals surface area contributed by atoms with Crippen LogP contribution in [0.15, 0.2) is 30.3 Å². The smallest absolute Gasteiger partial charge is 0.156 e. The van der Waals surface area contributed by atoms with Crippen molar-refractivity contribution in [3.05, 3.63) is 41.5 Å². The summed E-state index contributed by atoms with van der Waals surface area (Å²) in [6.45, 7) is 1.96. The van der Waals surface area contributed by atoms with E-state index >= 15 is 0 Å². The van der Waals surface area contributed by atoms with Crippen LogP contribution in [0.25, 0.3) is 5.57 Å². The molecule has 1 aliphatic carbocycles.